The summed E-state index contributed by atoms with van der Waals surface area (Å²) in [6.45, 7) is 3.46. The van der Waals surface area contributed by atoms with Gasteiger partial charge in [-0.3, -0.25) is 4.98 Å². The van der Waals surface area contributed by atoms with Crippen LogP contribution in [-0.2, 0) is 28.7 Å². The summed E-state index contributed by atoms with van der Waals surface area (Å²) in [7, 11) is -3.63. The van der Waals surface area contributed by atoms with E-state index in [1.54, 1.807) is 36.7 Å². The van der Waals surface area contributed by atoms with Gasteiger partial charge in [0.2, 0.25) is 0 Å². The van der Waals surface area contributed by atoms with Crippen molar-refractivity contribution in [3.05, 3.63) is 114 Å². The van der Waals surface area contributed by atoms with E-state index in [0.29, 0.717) is 16.8 Å². The van der Waals surface area contributed by atoms with Gasteiger partial charge in [0.1, 0.15) is 0 Å². The summed E-state index contributed by atoms with van der Waals surface area (Å²) in [4.78, 5) is 17.2. The molecule has 0 saturated carbocycles. The maximum Gasteiger partial charge on any atom is 0.319 e. The molecule has 8 heteroatoms. The van der Waals surface area contributed by atoms with Crippen molar-refractivity contribution in [3.63, 3.8) is 0 Å². The molecule has 1 aromatic heterocycles. The second-order valence-electron chi connectivity index (χ2n) is 9.15. The highest BCUT2D eigenvalue weighted by atomic mass is 32.2. The lowest BCUT2D eigenvalue weighted by Gasteiger charge is -2.17. The van der Waals surface area contributed by atoms with E-state index in [9.17, 15) is 13.2 Å². The number of nitrogens with one attached hydrogen (secondary N) is 3. The molecule has 0 fully saturated rings. The van der Waals surface area contributed by atoms with Gasteiger partial charge in [-0.25, -0.2) is 13.2 Å². The van der Waals surface area contributed by atoms with Crippen LogP contribution in [0.15, 0.2) is 96.2 Å². The van der Waals surface area contributed by atoms with E-state index in [2.05, 4.69) is 20.9 Å². The summed E-state index contributed by atoms with van der Waals surface area (Å²) in [5.41, 5.74) is 5.85. The number of pyridine rings is 1. The molecule has 7 nitrogen and oxygen atoms in total. The number of amides is 2. The first-order valence-corrected chi connectivity index (χ1v) is 13.8. The average Bonchev–Trinajstić information content (AvgIpc) is 3.37. The molecule has 0 aliphatic carbocycles. The van der Waals surface area contributed by atoms with E-state index in [0.717, 1.165) is 29.8 Å². The zero-order chi connectivity index (χ0) is 25.8. The van der Waals surface area contributed by atoms with Gasteiger partial charge in [-0.1, -0.05) is 54.6 Å². The lowest BCUT2D eigenvalue weighted by Crippen LogP contribution is -2.31. The summed E-state index contributed by atoms with van der Waals surface area (Å²) in [6.07, 6.45) is 3.29. The molecule has 3 aromatic carbocycles. The average molecular weight is 513 g/mol. The van der Waals surface area contributed by atoms with Crippen molar-refractivity contribution in [1.82, 2.24) is 15.6 Å². The van der Waals surface area contributed by atoms with Gasteiger partial charge >= 0.3 is 6.03 Å². The summed E-state index contributed by atoms with van der Waals surface area (Å²) < 4.78 is 26.8. The molecule has 2 amide bonds. The lowest BCUT2D eigenvalue weighted by molar-refractivity contribution is 0.249. The Kier molecular flexibility index (Phi) is 7.03. The minimum atomic E-state index is -3.63. The van der Waals surface area contributed by atoms with Crippen molar-refractivity contribution >= 4 is 21.6 Å². The highest BCUT2D eigenvalue weighted by Gasteiger charge is 2.21. The zero-order valence-corrected chi connectivity index (χ0v) is 21.3. The van der Waals surface area contributed by atoms with Crippen molar-refractivity contribution in [2.24, 2.45) is 0 Å². The predicted molar refractivity (Wildman–Crippen MR) is 145 cm³/mol. The Morgan fingerprint density at radius 1 is 0.973 bits per heavy atom. The number of hydrogen-bond acceptors (Lipinski definition) is 5. The number of urea groups is 1. The fraction of sp³-hybridized carbons (Fsp3) is 0.172. The first-order valence-electron chi connectivity index (χ1n) is 12.1. The van der Waals surface area contributed by atoms with E-state index in [1.165, 1.54) is 5.56 Å². The van der Waals surface area contributed by atoms with Gasteiger partial charge < -0.3 is 16.0 Å². The largest absolute Gasteiger partial charge is 0.331 e. The van der Waals surface area contributed by atoms with Crippen LogP contribution in [0.4, 0.5) is 10.5 Å². The Labute approximate surface area is 216 Å². The van der Waals surface area contributed by atoms with Gasteiger partial charge in [-0.2, -0.15) is 0 Å². The van der Waals surface area contributed by atoms with Crippen LogP contribution in [0.3, 0.4) is 0 Å². The topological polar surface area (TPSA) is 100 Å². The highest BCUT2D eigenvalue weighted by molar-refractivity contribution is 7.90. The van der Waals surface area contributed by atoms with E-state index in [1.807, 2.05) is 61.5 Å². The number of anilines is 1. The van der Waals surface area contributed by atoms with Crippen LogP contribution < -0.4 is 16.0 Å². The Morgan fingerprint density at radius 3 is 2.57 bits per heavy atom. The fourth-order valence-corrected chi connectivity index (χ4v) is 5.87. The molecule has 0 saturated heterocycles. The third-order valence-electron chi connectivity index (χ3n) is 6.48. The maximum atomic E-state index is 13.4. The van der Waals surface area contributed by atoms with Crippen LogP contribution >= 0.6 is 0 Å². The molecule has 1 unspecified atom stereocenters. The van der Waals surface area contributed by atoms with Gasteiger partial charge in [-0.15, -0.1) is 0 Å². The molecule has 0 radical (unpaired) electrons. The molecule has 2 heterocycles. The Morgan fingerprint density at radius 2 is 1.78 bits per heavy atom. The minimum Gasteiger partial charge on any atom is -0.331 e. The quantitative estimate of drug-likeness (QED) is 0.316. The minimum absolute atomic E-state index is 0.103. The van der Waals surface area contributed by atoms with Gasteiger partial charge in [0.15, 0.2) is 9.84 Å². The molecule has 0 spiro atoms. The number of hydrogen-bond donors (Lipinski definition) is 3. The molecule has 1 aliphatic heterocycles. The summed E-state index contributed by atoms with van der Waals surface area (Å²) >= 11 is 0. The second-order valence-corrected chi connectivity index (χ2v) is 11.1. The number of nitrogens with zero attached hydrogens (tertiary/aromatic N) is 1. The number of benzene rings is 3. The molecule has 37 heavy (non-hydrogen) atoms. The molecule has 1 atom stereocenters. The molecular weight excluding hydrogens is 484 g/mol. The summed E-state index contributed by atoms with van der Waals surface area (Å²) in [5.74, 6) is -0.103. The molecule has 3 N–H and O–H groups in total. The summed E-state index contributed by atoms with van der Waals surface area (Å²) in [6, 6.07) is 23.3. The molecule has 5 rings (SSSR count). The first-order chi connectivity index (χ1) is 17.9. The van der Waals surface area contributed by atoms with Crippen molar-refractivity contribution in [3.8, 4) is 11.1 Å². The molecule has 0 bridgehead atoms. The number of carbonyl (C=O) groups is 1. The molecule has 4 aromatic rings. The fourth-order valence-electron chi connectivity index (χ4n) is 4.51. The number of sulfone groups is 1. The second kappa shape index (κ2) is 10.5. The highest BCUT2D eigenvalue weighted by Crippen LogP contribution is 2.32. The van der Waals surface area contributed by atoms with Crippen LogP contribution in [-0.4, -0.2) is 19.4 Å². The Bertz CT molecular complexity index is 1520. The molecule has 1 aliphatic rings. The molecule has 188 valence electrons. The van der Waals surface area contributed by atoms with Gasteiger partial charge in [-0.05, 0) is 53.4 Å². The summed E-state index contributed by atoms with van der Waals surface area (Å²) in [5, 5.41) is 9.10. The van der Waals surface area contributed by atoms with Crippen LogP contribution in [0.25, 0.3) is 11.1 Å². The third-order valence-corrected chi connectivity index (χ3v) is 8.16. The van der Waals surface area contributed by atoms with Crippen molar-refractivity contribution in [2.75, 3.05) is 5.32 Å². The Hall–Kier alpha value is -4.01. The molecular formula is C29H28N4O3S. The van der Waals surface area contributed by atoms with E-state index < -0.39 is 9.84 Å². The number of carbonyl (C=O) groups excluding carboxylic acids is 1. The van der Waals surface area contributed by atoms with E-state index >= 15 is 0 Å². The van der Waals surface area contributed by atoms with Crippen LogP contribution in [0.5, 0.6) is 0 Å². The van der Waals surface area contributed by atoms with Crippen molar-refractivity contribution in [2.45, 2.75) is 36.7 Å². The van der Waals surface area contributed by atoms with Crippen molar-refractivity contribution < 1.29 is 13.2 Å². The zero-order valence-electron chi connectivity index (χ0n) is 20.4. The monoisotopic (exact) mass is 512 g/mol. The maximum absolute atomic E-state index is 13.4. The van der Waals surface area contributed by atoms with E-state index in [4.69, 9.17) is 0 Å². The van der Waals surface area contributed by atoms with Gasteiger partial charge in [0.05, 0.1) is 22.4 Å². The van der Waals surface area contributed by atoms with Crippen LogP contribution in [0.2, 0.25) is 0 Å². The third kappa shape index (κ3) is 5.71. The number of fused-ring (bicyclic) bond motifs is 1. The van der Waals surface area contributed by atoms with Crippen LogP contribution in [0, 0.1) is 0 Å². The van der Waals surface area contributed by atoms with Gasteiger partial charge in [0.25, 0.3) is 0 Å². The van der Waals surface area contributed by atoms with E-state index in [-0.39, 0.29) is 22.7 Å². The number of rotatable bonds is 7. The SMILES string of the molecule is CC(NC(=O)Nc1ccc(S(=O)(=O)Cc2ccc3c(c2)CNC3)cc1-c1cccnc1)c1ccccc1. The van der Waals surface area contributed by atoms with Gasteiger partial charge in [0, 0.05) is 36.6 Å². The van der Waals surface area contributed by atoms with Crippen molar-refractivity contribution in [1.29, 1.82) is 0 Å². The Balaban J connectivity index is 1.41. The predicted octanol–water partition coefficient (Wildman–Crippen LogP) is 5.21. The number of aromatic nitrogens is 1. The standard InChI is InChI=1S/C29H28N4O3S/c1-20(22-6-3-2-4-7-22)32-29(34)33-28-12-11-26(15-27(28)24-8-5-13-30-17-24)37(35,36)19-21-9-10-23-16-31-18-25(23)14-21/h2-15,17,20,31H,16,18-19H2,1H3,(H2,32,33,34). The first kappa shape index (κ1) is 24.7. The van der Waals surface area contributed by atoms with Crippen LogP contribution in [0.1, 0.15) is 35.2 Å². The normalized spacial score (nSPS) is 13.5. The lowest BCUT2D eigenvalue weighted by atomic mass is 10.1. The smallest absolute Gasteiger partial charge is 0.319 e.